The smallest absolute Gasteiger partial charge is 0.401 e. The molecule has 0 bridgehead atoms. The van der Waals surface area contributed by atoms with Gasteiger partial charge in [-0.1, -0.05) is 96.6 Å². The lowest BCUT2D eigenvalue weighted by atomic mass is 10.2. The van der Waals surface area contributed by atoms with E-state index < -0.39 is 8.56 Å². The third-order valence-corrected chi connectivity index (χ3v) is 5.57. The van der Waals surface area contributed by atoms with Gasteiger partial charge in [0, 0.05) is 0 Å². The Bertz CT molecular complexity index is 626. The Morgan fingerprint density at radius 3 is 1.14 bits per heavy atom. The van der Waals surface area contributed by atoms with E-state index in [1.807, 2.05) is 54.6 Å². The molecule has 3 heteroatoms. The second-order valence-corrected chi connectivity index (χ2v) is 7.56. The summed E-state index contributed by atoms with van der Waals surface area (Å²) in [6.45, 7) is 2.08. The summed E-state index contributed by atoms with van der Waals surface area (Å²) in [5, 5.41) is 1.22. The van der Waals surface area contributed by atoms with Crippen LogP contribution < -0.4 is 10.4 Å². The summed E-state index contributed by atoms with van der Waals surface area (Å²) in [4.78, 5) is 20.3. The van der Waals surface area contributed by atoms with Crippen molar-refractivity contribution >= 4 is 18.9 Å². The molecule has 3 aromatic rings. The van der Waals surface area contributed by atoms with Crippen molar-refractivity contribution in [1.82, 2.24) is 0 Å². The second-order valence-electron chi connectivity index (χ2n) is 5.06. The molecule has 0 fully saturated rings. The average Bonchev–Trinajstić information content (AvgIpc) is 2.58. The fourth-order valence-electron chi connectivity index (χ4n) is 2.04. The highest BCUT2D eigenvalue weighted by molar-refractivity contribution is 6.90. The van der Waals surface area contributed by atoms with Crippen molar-refractivity contribution in [1.29, 1.82) is 0 Å². The summed E-state index contributed by atoms with van der Waals surface area (Å²) in [5.41, 5.74) is 1.32. The van der Waals surface area contributed by atoms with Crippen LogP contribution in [0.25, 0.3) is 0 Å². The first kappa shape index (κ1) is 16.2. The first-order valence-corrected chi connectivity index (χ1v) is 9.07. The molecule has 0 aliphatic rings. The molecule has 0 saturated heterocycles. The van der Waals surface area contributed by atoms with Crippen LogP contribution in [0.4, 0.5) is 0 Å². The molecule has 0 spiro atoms. The summed E-state index contributed by atoms with van der Waals surface area (Å²) in [5.74, 6) is 0. The molecule has 3 aromatic carbocycles. The Morgan fingerprint density at radius 1 is 0.545 bits per heavy atom. The van der Waals surface area contributed by atoms with Gasteiger partial charge in [0.2, 0.25) is 0 Å². The molecular weight excluding hydrogens is 288 g/mol. The van der Waals surface area contributed by atoms with Crippen LogP contribution in [0, 0.1) is 6.92 Å². The lowest BCUT2D eigenvalue weighted by Gasteiger charge is -2.18. The third kappa shape index (κ3) is 4.40. The van der Waals surface area contributed by atoms with E-state index in [4.69, 9.17) is 0 Å². The Hall–Kier alpha value is -2.20. The van der Waals surface area contributed by atoms with E-state index in [0.717, 1.165) is 0 Å². The minimum atomic E-state index is -3.46. The molecule has 0 aliphatic heterocycles. The molecule has 0 atom stereocenters. The lowest BCUT2D eigenvalue weighted by molar-refractivity contribution is 0.401. The zero-order valence-corrected chi connectivity index (χ0v) is 13.6. The van der Waals surface area contributed by atoms with Crippen LogP contribution >= 0.6 is 0 Å². The number of rotatable bonds is 2. The first-order chi connectivity index (χ1) is 10.6. The van der Waals surface area contributed by atoms with Crippen molar-refractivity contribution in [2.45, 2.75) is 6.92 Å². The van der Waals surface area contributed by atoms with E-state index in [9.17, 15) is 9.59 Å². The highest BCUT2D eigenvalue weighted by Crippen LogP contribution is 1.97. The maximum atomic E-state index is 10.2. The van der Waals surface area contributed by atoms with Crippen molar-refractivity contribution in [3.8, 4) is 0 Å². The average molecular weight is 308 g/mol. The van der Waals surface area contributed by atoms with Gasteiger partial charge in [0.15, 0.2) is 0 Å². The highest BCUT2D eigenvalue weighted by atomic mass is 28.4. The van der Waals surface area contributed by atoms with E-state index in [1.165, 1.54) is 5.56 Å². The monoisotopic (exact) mass is 308 g/mol. The van der Waals surface area contributed by atoms with Crippen molar-refractivity contribution in [3.63, 3.8) is 0 Å². The number of benzene rings is 3. The van der Waals surface area contributed by atoms with Gasteiger partial charge in [0.25, 0.3) is 0 Å². The molecule has 0 radical (unpaired) electrons. The fraction of sp³-hybridized carbons (Fsp3) is 0.0526. The minimum absolute atomic E-state index is 0.608. The predicted octanol–water partition coefficient (Wildman–Crippen LogP) is 2.22. The van der Waals surface area contributed by atoms with Crippen molar-refractivity contribution in [2.75, 3.05) is 0 Å². The number of aryl methyl sites for hydroxylation is 1. The normalized spacial score (nSPS) is 10.5. The van der Waals surface area contributed by atoms with E-state index in [2.05, 4.69) is 19.1 Å². The SMILES string of the molecule is Cc1ccccc1.O[Si](O)(c1ccccc1)c1ccccc1. The topological polar surface area (TPSA) is 40.5 Å². The summed E-state index contributed by atoms with van der Waals surface area (Å²) >= 11 is 0. The predicted molar refractivity (Wildman–Crippen MR) is 93.5 cm³/mol. The van der Waals surface area contributed by atoms with Gasteiger partial charge >= 0.3 is 8.56 Å². The largest absolute Gasteiger partial charge is 0.404 e. The van der Waals surface area contributed by atoms with Crippen molar-refractivity contribution in [3.05, 3.63) is 96.6 Å². The van der Waals surface area contributed by atoms with Crippen LogP contribution in [-0.4, -0.2) is 18.2 Å². The molecule has 3 rings (SSSR count). The minimum Gasteiger partial charge on any atom is -0.404 e. The van der Waals surface area contributed by atoms with Gasteiger partial charge in [0.05, 0.1) is 0 Å². The van der Waals surface area contributed by atoms with Crippen molar-refractivity contribution < 1.29 is 9.59 Å². The van der Waals surface area contributed by atoms with Crippen LogP contribution in [0.1, 0.15) is 5.56 Å². The van der Waals surface area contributed by atoms with Crippen LogP contribution in [0.3, 0.4) is 0 Å². The molecule has 22 heavy (non-hydrogen) atoms. The fourth-order valence-corrected chi connectivity index (χ4v) is 3.69. The van der Waals surface area contributed by atoms with Crippen LogP contribution in [-0.2, 0) is 0 Å². The van der Waals surface area contributed by atoms with E-state index in [-0.39, 0.29) is 0 Å². The van der Waals surface area contributed by atoms with Gasteiger partial charge in [-0.05, 0) is 17.3 Å². The second kappa shape index (κ2) is 7.71. The summed E-state index contributed by atoms with van der Waals surface area (Å²) < 4.78 is 0. The Labute approximate surface area is 132 Å². The van der Waals surface area contributed by atoms with Gasteiger partial charge in [-0.25, -0.2) is 0 Å². The maximum absolute atomic E-state index is 10.2. The molecule has 112 valence electrons. The van der Waals surface area contributed by atoms with Crippen molar-refractivity contribution in [2.24, 2.45) is 0 Å². The molecule has 2 nitrogen and oxygen atoms in total. The summed E-state index contributed by atoms with van der Waals surface area (Å²) in [7, 11) is -3.46. The molecule has 2 N–H and O–H groups in total. The molecule has 0 aliphatic carbocycles. The van der Waals surface area contributed by atoms with Gasteiger partial charge < -0.3 is 9.59 Å². The number of hydrogen-bond acceptors (Lipinski definition) is 2. The first-order valence-electron chi connectivity index (χ1n) is 7.18. The summed E-state index contributed by atoms with van der Waals surface area (Å²) in [6.07, 6.45) is 0. The van der Waals surface area contributed by atoms with E-state index in [0.29, 0.717) is 10.4 Å². The van der Waals surface area contributed by atoms with E-state index in [1.54, 1.807) is 24.3 Å². The van der Waals surface area contributed by atoms with Crippen LogP contribution in [0.5, 0.6) is 0 Å². The Balaban J connectivity index is 0.000000211. The molecular formula is C19H20O2Si. The highest BCUT2D eigenvalue weighted by Gasteiger charge is 2.33. The standard InChI is InChI=1S/C12H12O2Si.C7H8/c13-15(14,11-7-3-1-4-8-11)12-9-5-2-6-10-12;1-7-5-3-2-4-6-7/h1-10,13-14H;2-6H,1H3. The van der Waals surface area contributed by atoms with Gasteiger partial charge in [-0.2, -0.15) is 0 Å². The molecule has 0 heterocycles. The molecule has 0 unspecified atom stereocenters. The van der Waals surface area contributed by atoms with Crippen LogP contribution in [0.15, 0.2) is 91.0 Å². The molecule has 0 aromatic heterocycles. The quantitative estimate of drug-likeness (QED) is 0.713. The van der Waals surface area contributed by atoms with Gasteiger partial charge in [-0.3, -0.25) is 0 Å². The zero-order valence-electron chi connectivity index (χ0n) is 12.6. The zero-order chi connectivity index (χ0) is 15.8. The number of hydrogen-bond donors (Lipinski definition) is 2. The summed E-state index contributed by atoms with van der Waals surface area (Å²) in [6, 6.07) is 28.2. The lowest BCUT2D eigenvalue weighted by Crippen LogP contribution is -2.59. The third-order valence-electron chi connectivity index (χ3n) is 3.29. The maximum Gasteiger partial charge on any atom is 0.401 e. The van der Waals surface area contributed by atoms with E-state index >= 15 is 0 Å². The Kier molecular flexibility index (Phi) is 5.66. The molecule has 0 amide bonds. The van der Waals surface area contributed by atoms with Gasteiger partial charge in [-0.15, -0.1) is 0 Å². The molecule has 0 saturated carbocycles. The van der Waals surface area contributed by atoms with Gasteiger partial charge in [0.1, 0.15) is 0 Å². The van der Waals surface area contributed by atoms with Crippen LogP contribution in [0.2, 0.25) is 0 Å². The Morgan fingerprint density at radius 2 is 0.864 bits per heavy atom.